The topological polar surface area (TPSA) is 38.7 Å². The van der Waals surface area contributed by atoms with Crippen molar-refractivity contribution in [2.75, 3.05) is 0 Å². The van der Waals surface area contributed by atoms with Crippen molar-refractivity contribution < 1.29 is 0 Å². The molecule has 604 valence electrons. The van der Waals surface area contributed by atoms with Crippen LogP contribution in [0.1, 0.15) is 51.7 Å². The van der Waals surface area contributed by atoms with Crippen molar-refractivity contribution in [2.24, 2.45) is 0 Å². The summed E-state index contributed by atoms with van der Waals surface area (Å²) in [6, 6.07) is 148. The first-order valence-electron chi connectivity index (χ1n) is 44.2. The minimum absolute atomic E-state index is 0.0950. The zero-order valence-corrected chi connectivity index (χ0v) is 73.8. The van der Waals surface area contributed by atoms with Crippen LogP contribution in [0.25, 0.3) is 247 Å². The molecule has 0 saturated heterocycles. The second-order valence-electron chi connectivity index (χ2n) is 35.2. The van der Waals surface area contributed by atoms with Crippen molar-refractivity contribution >= 4 is 203 Å². The van der Waals surface area contributed by atoms with Crippen molar-refractivity contribution in [2.45, 2.75) is 46.0 Å². The van der Waals surface area contributed by atoms with Crippen molar-refractivity contribution in [1.82, 2.24) is 15.0 Å². The van der Waals surface area contributed by atoms with Gasteiger partial charge in [-0.1, -0.05) is 386 Å². The maximum absolute atomic E-state index is 5.33. The van der Waals surface area contributed by atoms with Gasteiger partial charge in [-0.2, -0.15) is 0 Å². The predicted molar refractivity (Wildman–Crippen MR) is 557 cm³/mol. The number of pyridine rings is 3. The van der Waals surface area contributed by atoms with Gasteiger partial charge in [0, 0.05) is 115 Å². The number of hydrogen-bond acceptors (Lipinski definition) is 6. The molecule has 0 fully saturated rings. The molecule has 0 saturated carbocycles. The number of nitrogens with zero attached hydrogens (tertiary/aromatic N) is 3. The number of benzene rings is 20. The molecule has 0 spiro atoms. The minimum atomic E-state index is 0.0950. The summed E-state index contributed by atoms with van der Waals surface area (Å²) in [5.41, 5.74) is 22.5. The van der Waals surface area contributed by atoms with E-state index in [4.69, 9.17) is 15.0 Å². The number of fused-ring (bicyclic) bond motifs is 28. The van der Waals surface area contributed by atoms with E-state index in [0.29, 0.717) is 5.92 Å². The van der Waals surface area contributed by atoms with Crippen LogP contribution in [0.15, 0.2) is 406 Å². The molecule has 3 nitrogen and oxygen atoms in total. The van der Waals surface area contributed by atoms with E-state index >= 15 is 0 Å². The van der Waals surface area contributed by atoms with Gasteiger partial charge in [0.15, 0.2) is 0 Å². The molecule has 26 rings (SSSR count). The summed E-state index contributed by atoms with van der Waals surface area (Å²) >= 11 is 5.76. The fraction of sp³-hybridized carbons (Fsp3) is 0.0574. The Balaban J connectivity index is 0.000000107. The molecule has 0 atom stereocenters. The number of thiophene rings is 3. The first kappa shape index (κ1) is 76.7. The summed E-state index contributed by atoms with van der Waals surface area (Å²) < 4.78 is 8.15. The van der Waals surface area contributed by atoms with Crippen LogP contribution in [0.3, 0.4) is 0 Å². The van der Waals surface area contributed by atoms with E-state index < -0.39 is 0 Å². The van der Waals surface area contributed by atoms with Gasteiger partial charge >= 0.3 is 0 Å². The van der Waals surface area contributed by atoms with Gasteiger partial charge in [0.05, 0.1) is 33.6 Å². The highest BCUT2D eigenvalue weighted by Crippen LogP contribution is 2.50. The molecule has 20 aromatic carbocycles. The SMILES string of the molecule is CC(C)(C)c1cccc2c1sc1c(-c3cccc(-c4ccc5c6ccccc6c6ccccc6c5n4)c3)cccc12.CC(C)c1cccc2c1sc1c(-c3cccc(-c4ccc5c6ccccc6c6ccccc6c5n4)c3)cccc12.c1cc(-c2ccc3c4ccccc4c4ccccc4c3n2)cc(-c2cccc3c2sc2c(-c4cccc5ccccc45)cccc23)c1. The fourth-order valence-corrected chi connectivity index (χ4v) is 24.6. The molecule has 0 N–H and O–H groups in total. The zero-order valence-electron chi connectivity index (χ0n) is 71.3. The molecule has 128 heavy (non-hydrogen) atoms. The van der Waals surface area contributed by atoms with Gasteiger partial charge in [-0.15, -0.1) is 34.0 Å². The van der Waals surface area contributed by atoms with Crippen LogP contribution in [0.5, 0.6) is 0 Å². The lowest BCUT2D eigenvalue weighted by atomic mass is 9.86. The molecule has 0 unspecified atom stereocenters. The Morgan fingerprint density at radius 1 is 0.195 bits per heavy atom. The minimum Gasteiger partial charge on any atom is -0.247 e. The molecule has 0 amide bonds. The van der Waals surface area contributed by atoms with E-state index in [-0.39, 0.29) is 5.41 Å². The van der Waals surface area contributed by atoms with Crippen molar-refractivity contribution in [3.8, 4) is 78.3 Å². The molecule has 0 aliphatic carbocycles. The summed E-state index contributed by atoms with van der Waals surface area (Å²) in [4.78, 5) is 15.9. The fourth-order valence-electron chi connectivity index (χ4n) is 20.2. The lowest BCUT2D eigenvalue weighted by Crippen LogP contribution is -2.10. The Morgan fingerprint density at radius 3 is 0.828 bits per heavy atom. The Labute approximate surface area is 753 Å². The average molecular weight is 1690 g/mol. The lowest BCUT2D eigenvalue weighted by molar-refractivity contribution is 0.597. The van der Waals surface area contributed by atoms with Gasteiger partial charge in [-0.25, -0.2) is 15.0 Å². The maximum atomic E-state index is 5.33. The third-order valence-electron chi connectivity index (χ3n) is 26.3. The van der Waals surface area contributed by atoms with Crippen LogP contribution in [0, 0.1) is 0 Å². The molecule has 6 heterocycles. The highest BCUT2D eigenvalue weighted by atomic mass is 32.1. The average Bonchev–Trinajstić information content (AvgIpc) is 0.826. The molecular formula is C122H83N3S3. The Kier molecular flexibility index (Phi) is 18.6. The van der Waals surface area contributed by atoms with Crippen LogP contribution in [0.4, 0.5) is 0 Å². The van der Waals surface area contributed by atoms with Crippen LogP contribution < -0.4 is 0 Å². The van der Waals surface area contributed by atoms with Gasteiger partial charge in [0.25, 0.3) is 0 Å². The van der Waals surface area contributed by atoms with Crippen LogP contribution >= 0.6 is 34.0 Å². The first-order valence-corrected chi connectivity index (χ1v) is 46.7. The third kappa shape index (κ3) is 12.9. The summed E-state index contributed by atoms with van der Waals surface area (Å²) in [6.07, 6.45) is 0. The van der Waals surface area contributed by atoms with Crippen molar-refractivity contribution in [3.63, 3.8) is 0 Å². The van der Waals surface area contributed by atoms with Gasteiger partial charge in [-0.05, 0) is 175 Å². The molecule has 0 radical (unpaired) electrons. The second kappa shape index (κ2) is 31.1. The smallest absolute Gasteiger partial charge is 0.0794 e. The van der Waals surface area contributed by atoms with E-state index in [0.717, 1.165) is 50.3 Å². The molecule has 6 aromatic heterocycles. The van der Waals surface area contributed by atoms with Gasteiger partial charge in [-0.3, -0.25) is 0 Å². The van der Waals surface area contributed by atoms with E-state index in [1.807, 2.05) is 34.0 Å². The van der Waals surface area contributed by atoms with Crippen LogP contribution in [0.2, 0.25) is 0 Å². The molecule has 0 bridgehead atoms. The van der Waals surface area contributed by atoms with E-state index in [1.54, 1.807) is 0 Å². The van der Waals surface area contributed by atoms with Crippen LogP contribution in [-0.4, -0.2) is 15.0 Å². The van der Waals surface area contributed by atoms with Crippen molar-refractivity contribution in [1.29, 1.82) is 0 Å². The monoisotopic (exact) mass is 1690 g/mol. The third-order valence-corrected chi connectivity index (χ3v) is 30.2. The molecular weight excluding hydrogens is 1600 g/mol. The van der Waals surface area contributed by atoms with Gasteiger partial charge in [0.1, 0.15) is 0 Å². The summed E-state index contributed by atoms with van der Waals surface area (Å²) in [7, 11) is 0. The normalized spacial score (nSPS) is 12.0. The molecule has 0 aliphatic rings. The highest BCUT2D eigenvalue weighted by Gasteiger charge is 2.24. The van der Waals surface area contributed by atoms with Gasteiger partial charge < -0.3 is 0 Å². The number of rotatable bonds is 8. The number of aromatic nitrogens is 3. The Hall–Kier alpha value is -14.9. The summed E-state index contributed by atoms with van der Waals surface area (Å²) in [6.45, 7) is 11.5. The summed E-state index contributed by atoms with van der Waals surface area (Å²) in [5, 5.41) is 29.0. The molecule has 26 aromatic rings. The van der Waals surface area contributed by atoms with Crippen molar-refractivity contribution in [3.05, 3.63) is 418 Å². The van der Waals surface area contributed by atoms with Gasteiger partial charge in [0.2, 0.25) is 0 Å². The second-order valence-corrected chi connectivity index (χ2v) is 38.2. The zero-order chi connectivity index (χ0) is 85.4. The highest BCUT2D eigenvalue weighted by molar-refractivity contribution is 7.27. The van der Waals surface area contributed by atoms with Crippen LogP contribution in [-0.2, 0) is 5.41 Å². The van der Waals surface area contributed by atoms with E-state index in [1.165, 1.54) is 208 Å². The number of hydrogen-bond donors (Lipinski definition) is 0. The quantitative estimate of drug-likeness (QED) is 0.142. The first-order chi connectivity index (χ1) is 63.0. The van der Waals surface area contributed by atoms with E-state index in [9.17, 15) is 0 Å². The molecule has 6 heteroatoms. The molecule has 0 aliphatic heterocycles. The largest absolute Gasteiger partial charge is 0.247 e. The predicted octanol–water partition coefficient (Wildman–Crippen LogP) is 36.0. The van der Waals surface area contributed by atoms with E-state index in [2.05, 4.69) is 441 Å². The standard InChI is InChI=1S/C45H27NS.C39H29NS.C38H27NS/c1-2-15-31-28(11-1)12-8-21-33(31)39-22-10-24-41-40-23-9-20-32(44(40)47-45(39)41)29-13-7-14-30(27-29)42-26-25-38-36-18-4-3-16-34(36)35-17-5-6-19-37(35)43(38)46-42;1-39(2,3)34-20-10-19-33-32-18-9-17-26(37(32)41-38(33)34)24-11-8-12-25(23-24)35-22-21-31-29-15-5-4-13-27(29)28-14-6-7-16-30(28)36(31)40-35;1-23(2)26-16-8-18-33-34-19-9-17-27(38(34)40-37(26)33)24-10-7-11-25(22-24)35-21-20-32-30-14-4-3-12-28(30)29-13-5-6-15-31(29)36(32)39-35/h1-27H;4-23H,1-3H3;3-23H,1-2H3. The Bertz CT molecular complexity index is 8960. The lowest BCUT2D eigenvalue weighted by Gasteiger charge is -2.19. The Morgan fingerprint density at radius 2 is 0.445 bits per heavy atom. The maximum Gasteiger partial charge on any atom is 0.0794 e. The summed E-state index contributed by atoms with van der Waals surface area (Å²) in [5.74, 6) is 0.496.